The van der Waals surface area contributed by atoms with Gasteiger partial charge in [0.25, 0.3) is 4.62 Å². The highest BCUT2D eigenvalue weighted by Gasteiger charge is 2.04. The molecule has 46 valence electrons. The molecule has 0 atom stereocenters. The third-order valence-corrected chi connectivity index (χ3v) is 3.13. The molecule has 2 nitrogen and oxygen atoms in total. The zero-order valence-electron chi connectivity index (χ0n) is 3.79. The normalized spacial score (nSPS) is 12.9. The molecule has 4 N–H and O–H groups in total. The zero-order valence-corrected chi connectivity index (χ0v) is 8.55. The third kappa shape index (κ3) is 2.84. The van der Waals surface area contributed by atoms with Crippen molar-refractivity contribution in [1.82, 2.24) is 0 Å². The first-order chi connectivity index (χ1) is 3.55. The Bertz CT molecular complexity index is 135. The molecule has 0 radical (unpaired) electrons. The first kappa shape index (κ1) is 8.65. The van der Waals surface area contributed by atoms with Crippen LogP contribution in [0.2, 0.25) is 0 Å². The quantitative estimate of drug-likeness (QED) is 0.536. The van der Waals surface area contributed by atoms with Gasteiger partial charge in [-0.3, -0.25) is 0 Å². The van der Waals surface area contributed by atoms with Gasteiger partial charge in [0.2, 0.25) is 0 Å². The first-order valence-electron chi connectivity index (χ1n) is 1.64. The van der Waals surface area contributed by atoms with Crippen molar-refractivity contribution in [2.24, 2.45) is 5.73 Å². The van der Waals surface area contributed by atoms with Crippen LogP contribution in [0.1, 0.15) is 0 Å². The molecule has 0 aromatic carbocycles. The molecular formula is C3H4Br3N2+. The number of halogens is 3. The van der Waals surface area contributed by atoms with Crippen molar-refractivity contribution in [2.75, 3.05) is 0 Å². The van der Waals surface area contributed by atoms with E-state index in [1.165, 1.54) is 0 Å². The van der Waals surface area contributed by atoms with E-state index in [2.05, 4.69) is 47.8 Å². The average Bonchev–Trinajstić information content (AvgIpc) is 1.64. The summed E-state index contributed by atoms with van der Waals surface area (Å²) in [6, 6.07) is 0. The fourth-order valence-corrected chi connectivity index (χ4v) is 0.807. The van der Waals surface area contributed by atoms with Crippen LogP contribution in [0.5, 0.6) is 0 Å². The molecule has 5 heteroatoms. The minimum Gasteiger partial charge on any atom is -0.392 e. The molecule has 0 unspecified atom stereocenters. The van der Waals surface area contributed by atoms with Crippen molar-refractivity contribution in [3.8, 4) is 0 Å². The lowest BCUT2D eigenvalue weighted by molar-refractivity contribution is -0.106. The highest BCUT2D eigenvalue weighted by Crippen LogP contribution is 2.14. The number of rotatable bonds is 1. The van der Waals surface area contributed by atoms with Crippen LogP contribution in [0.3, 0.4) is 0 Å². The highest BCUT2D eigenvalue weighted by molar-refractivity contribution is 9.21. The Labute approximate surface area is 72.4 Å². The van der Waals surface area contributed by atoms with Crippen molar-refractivity contribution in [2.45, 2.75) is 0 Å². The fraction of sp³-hybridized carbons (Fsp3) is 0. The van der Waals surface area contributed by atoms with E-state index >= 15 is 0 Å². The van der Waals surface area contributed by atoms with Gasteiger partial charge in [0.1, 0.15) is 4.48 Å². The molecule has 0 spiro atoms. The zero-order chi connectivity index (χ0) is 6.73. The van der Waals surface area contributed by atoms with Crippen LogP contribution in [-0.2, 0) is 0 Å². The third-order valence-electron chi connectivity index (χ3n) is 0.419. The van der Waals surface area contributed by atoms with E-state index in [1.54, 1.807) is 0 Å². The van der Waals surface area contributed by atoms with Crippen molar-refractivity contribution >= 4 is 52.4 Å². The van der Waals surface area contributed by atoms with Gasteiger partial charge in [-0.15, -0.1) is 0 Å². The predicted molar refractivity (Wildman–Crippen MR) is 44.9 cm³/mol. The molecule has 0 amide bonds. The van der Waals surface area contributed by atoms with Crippen molar-refractivity contribution < 1.29 is 5.41 Å². The van der Waals surface area contributed by atoms with Crippen LogP contribution in [-0.4, -0.2) is 4.62 Å². The van der Waals surface area contributed by atoms with Crippen LogP contribution in [0.25, 0.3) is 0 Å². The summed E-state index contributed by atoms with van der Waals surface area (Å²) in [6.45, 7) is 0. The molecule has 0 aliphatic carbocycles. The summed E-state index contributed by atoms with van der Waals surface area (Å²) in [4.78, 5) is 0. The monoisotopic (exact) mass is 305 g/mol. The van der Waals surface area contributed by atoms with E-state index in [1.807, 2.05) is 0 Å². The van der Waals surface area contributed by atoms with Gasteiger partial charge in [0.15, 0.2) is 0 Å². The van der Waals surface area contributed by atoms with Crippen molar-refractivity contribution in [3.05, 3.63) is 9.09 Å². The first-order valence-corrected chi connectivity index (χ1v) is 4.02. The van der Waals surface area contributed by atoms with Crippen molar-refractivity contribution in [1.29, 1.82) is 0 Å². The number of allylic oxidation sites excluding steroid dienone is 1. The molecular weight excluding hydrogens is 304 g/mol. The minimum atomic E-state index is 0.479. The van der Waals surface area contributed by atoms with E-state index in [4.69, 9.17) is 11.1 Å². The molecule has 8 heavy (non-hydrogen) atoms. The molecule has 0 heterocycles. The van der Waals surface area contributed by atoms with Gasteiger partial charge >= 0.3 is 0 Å². The summed E-state index contributed by atoms with van der Waals surface area (Å²) in [7, 11) is 0. The fourth-order valence-electron chi connectivity index (χ4n) is 0.114. The lowest BCUT2D eigenvalue weighted by Gasteiger charge is -1.87. The van der Waals surface area contributed by atoms with Gasteiger partial charge in [0, 0.05) is 15.9 Å². The lowest BCUT2D eigenvalue weighted by Crippen LogP contribution is -2.36. The smallest absolute Gasteiger partial charge is 0.256 e. The van der Waals surface area contributed by atoms with Crippen LogP contribution in [0, 0.1) is 0 Å². The van der Waals surface area contributed by atoms with Gasteiger partial charge in [-0.2, -0.15) is 0 Å². The molecule has 0 aromatic rings. The SMILES string of the molecule is N/C(Br)=C(/Br)C(=[NH2+])Br. The number of hydrogen-bond donors (Lipinski definition) is 2. The Morgan fingerprint density at radius 3 is 1.62 bits per heavy atom. The largest absolute Gasteiger partial charge is 0.392 e. The Morgan fingerprint density at radius 2 is 1.62 bits per heavy atom. The van der Waals surface area contributed by atoms with E-state index in [0.717, 1.165) is 0 Å². The summed E-state index contributed by atoms with van der Waals surface area (Å²) in [5.74, 6) is 0. The average molecular weight is 308 g/mol. The van der Waals surface area contributed by atoms with E-state index in [-0.39, 0.29) is 0 Å². The number of hydrogen-bond acceptors (Lipinski definition) is 1. The Kier molecular flexibility index (Phi) is 3.93. The second-order valence-electron chi connectivity index (χ2n) is 1.01. The Morgan fingerprint density at radius 1 is 1.25 bits per heavy atom. The summed E-state index contributed by atoms with van der Waals surface area (Å²) in [5, 5.41) is 5.26. The van der Waals surface area contributed by atoms with Gasteiger partial charge < -0.3 is 5.73 Å². The maximum absolute atomic E-state index is 5.26. The van der Waals surface area contributed by atoms with Gasteiger partial charge in [-0.05, 0) is 31.9 Å². The Balaban J connectivity index is 4.23. The number of nitrogens with two attached hydrogens (primary N) is 2. The van der Waals surface area contributed by atoms with Crippen molar-refractivity contribution in [3.63, 3.8) is 0 Å². The topological polar surface area (TPSA) is 51.6 Å². The molecule has 0 rings (SSSR count). The second-order valence-corrected chi connectivity index (χ2v) is 3.51. The van der Waals surface area contributed by atoms with E-state index in [0.29, 0.717) is 13.7 Å². The molecule has 0 bridgehead atoms. The van der Waals surface area contributed by atoms with Crippen LogP contribution in [0.15, 0.2) is 9.09 Å². The van der Waals surface area contributed by atoms with E-state index < -0.39 is 0 Å². The molecule has 0 saturated carbocycles. The molecule has 0 fully saturated rings. The highest BCUT2D eigenvalue weighted by atomic mass is 79.9. The molecule has 0 aliphatic heterocycles. The summed E-state index contributed by atoms with van der Waals surface area (Å²) in [5.41, 5.74) is 5.26. The summed E-state index contributed by atoms with van der Waals surface area (Å²) in [6.07, 6.45) is 0. The second kappa shape index (κ2) is 3.63. The Hall–Kier alpha value is 0.650. The van der Waals surface area contributed by atoms with Gasteiger partial charge in [0.05, 0.1) is 4.61 Å². The standard InChI is InChI=1S/C3H3Br3N2/c4-1(2(5)7)3(6)8/h7H,8H2/p+1/b3-1+,7-2?. The van der Waals surface area contributed by atoms with Crippen LogP contribution >= 0.6 is 47.8 Å². The molecule has 0 aromatic heterocycles. The maximum Gasteiger partial charge on any atom is 0.256 e. The lowest BCUT2D eigenvalue weighted by atomic mass is 10.7. The predicted octanol–water partition coefficient (Wildman–Crippen LogP) is 0.457. The van der Waals surface area contributed by atoms with E-state index in [9.17, 15) is 0 Å². The van der Waals surface area contributed by atoms with Crippen LogP contribution in [0.4, 0.5) is 0 Å². The van der Waals surface area contributed by atoms with Crippen LogP contribution < -0.4 is 11.1 Å². The van der Waals surface area contributed by atoms with Gasteiger partial charge in [-0.1, -0.05) is 0 Å². The minimum absolute atomic E-state index is 0.479. The summed E-state index contributed by atoms with van der Waals surface area (Å²) < 4.78 is 1.59. The van der Waals surface area contributed by atoms with Gasteiger partial charge in [-0.25, -0.2) is 5.41 Å². The summed E-state index contributed by atoms with van der Waals surface area (Å²) >= 11 is 9.15. The molecule has 0 aliphatic rings. The maximum atomic E-state index is 5.26. The molecule has 0 saturated heterocycles.